The number of carbonyl (C=O) groups excluding carboxylic acids is 1. The van der Waals surface area contributed by atoms with Crippen LogP contribution in [-0.4, -0.2) is 46.0 Å². The predicted molar refractivity (Wildman–Crippen MR) is 142 cm³/mol. The first-order chi connectivity index (χ1) is 17.7. The summed E-state index contributed by atoms with van der Waals surface area (Å²) >= 11 is 6.59. The highest BCUT2D eigenvalue weighted by molar-refractivity contribution is 6.40. The van der Waals surface area contributed by atoms with Gasteiger partial charge in [-0.25, -0.2) is 14.2 Å². The van der Waals surface area contributed by atoms with Gasteiger partial charge < -0.3 is 14.6 Å². The molecule has 0 aliphatic carbocycles. The van der Waals surface area contributed by atoms with Gasteiger partial charge in [0.25, 0.3) is 5.69 Å². The molecule has 194 valence electrons. The SMILES string of the molecule is CCCCCN(C)Cc1cc(C(=O)OCC)ccc1-c1cc2nc3c([N+](=O)[O-])cc(F)cc3c(Cl)c2[nH]1. The number of benzene rings is 2. The fraction of sp³-hybridized carbons (Fsp3) is 0.333. The summed E-state index contributed by atoms with van der Waals surface area (Å²) in [7, 11) is 2.03. The first-order valence-corrected chi connectivity index (χ1v) is 12.6. The lowest BCUT2D eigenvalue weighted by atomic mass is 10.0. The van der Waals surface area contributed by atoms with Crippen molar-refractivity contribution in [2.45, 2.75) is 39.7 Å². The van der Waals surface area contributed by atoms with E-state index in [0.29, 0.717) is 28.8 Å². The summed E-state index contributed by atoms with van der Waals surface area (Å²) < 4.78 is 19.3. The van der Waals surface area contributed by atoms with E-state index in [1.165, 1.54) is 0 Å². The number of nitro groups is 1. The molecular weight excluding hydrogens is 499 g/mol. The molecule has 0 amide bonds. The monoisotopic (exact) mass is 526 g/mol. The number of nitro benzene ring substituents is 1. The van der Waals surface area contributed by atoms with E-state index in [4.69, 9.17) is 16.3 Å². The van der Waals surface area contributed by atoms with Crippen molar-refractivity contribution in [3.63, 3.8) is 0 Å². The van der Waals surface area contributed by atoms with Crippen LogP contribution in [0, 0.1) is 15.9 Å². The molecule has 0 unspecified atom stereocenters. The van der Waals surface area contributed by atoms with Gasteiger partial charge in [0.15, 0.2) is 5.52 Å². The Labute approximate surface area is 218 Å². The molecule has 10 heteroatoms. The molecule has 0 fully saturated rings. The lowest BCUT2D eigenvalue weighted by Gasteiger charge is -2.19. The number of esters is 1. The van der Waals surface area contributed by atoms with Gasteiger partial charge >= 0.3 is 5.97 Å². The van der Waals surface area contributed by atoms with E-state index >= 15 is 0 Å². The van der Waals surface area contributed by atoms with Crippen LogP contribution < -0.4 is 0 Å². The summed E-state index contributed by atoms with van der Waals surface area (Å²) in [6.45, 7) is 5.68. The molecule has 0 radical (unpaired) electrons. The molecule has 0 bridgehead atoms. The minimum absolute atomic E-state index is 0.0167. The third-order valence-corrected chi connectivity index (χ3v) is 6.62. The number of pyridine rings is 1. The van der Waals surface area contributed by atoms with Crippen molar-refractivity contribution < 1.29 is 18.8 Å². The molecule has 2 aromatic heterocycles. The Balaban J connectivity index is 1.83. The normalized spacial score (nSPS) is 11.5. The van der Waals surface area contributed by atoms with E-state index in [1.54, 1.807) is 19.1 Å². The Morgan fingerprint density at radius 2 is 2.00 bits per heavy atom. The predicted octanol–water partition coefficient (Wildman–Crippen LogP) is 6.88. The Morgan fingerprint density at radius 3 is 2.70 bits per heavy atom. The maximum Gasteiger partial charge on any atom is 0.338 e. The number of nitrogens with zero attached hydrogens (tertiary/aromatic N) is 3. The number of ether oxygens (including phenoxy) is 1. The minimum Gasteiger partial charge on any atom is -0.462 e. The number of nitrogens with one attached hydrogen (secondary N) is 1. The van der Waals surface area contributed by atoms with E-state index in [1.807, 2.05) is 19.2 Å². The fourth-order valence-electron chi connectivity index (χ4n) is 4.44. The Bertz CT molecular complexity index is 1490. The molecule has 0 aliphatic heterocycles. The number of hydrogen-bond acceptors (Lipinski definition) is 6. The van der Waals surface area contributed by atoms with Gasteiger partial charge in [-0.15, -0.1) is 0 Å². The van der Waals surface area contributed by atoms with E-state index < -0.39 is 22.4 Å². The van der Waals surface area contributed by atoms with Crippen LogP contribution in [0.1, 0.15) is 49.0 Å². The molecule has 8 nitrogen and oxygen atoms in total. The van der Waals surface area contributed by atoms with Gasteiger partial charge in [-0.2, -0.15) is 0 Å². The molecule has 4 rings (SSSR count). The molecule has 2 heterocycles. The quantitative estimate of drug-likeness (QED) is 0.104. The lowest BCUT2D eigenvalue weighted by molar-refractivity contribution is -0.383. The van der Waals surface area contributed by atoms with E-state index in [-0.39, 0.29) is 22.5 Å². The number of non-ortho nitro benzene ring substituents is 1. The Morgan fingerprint density at radius 1 is 1.22 bits per heavy atom. The van der Waals surface area contributed by atoms with Crippen molar-refractivity contribution >= 4 is 45.2 Å². The summed E-state index contributed by atoms with van der Waals surface area (Å²) in [5, 5.41) is 11.8. The fourth-order valence-corrected chi connectivity index (χ4v) is 4.73. The first-order valence-electron chi connectivity index (χ1n) is 12.2. The van der Waals surface area contributed by atoms with Gasteiger partial charge in [0, 0.05) is 23.2 Å². The van der Waals surface area contributed by atoms with E-state index in [0.717, 1.165) is 49.1 Å². The van der Waals surface area contributed by atoms with Gasteiger partial charge in [0.1, 0.15) is 5.82 Å². The Kier molecular flexibility index (Phi) is 8.04. The molecule has 0 aliphatic rings. The highest BCUT2D eigenvalue weighted by Crippen LogP contribution is 2.37. The zero-order valence-electron chi connectivity index (χ0n) is 20.9. The van der Waals surface area contributed by atoms with Crippen LogP contribution in [-0.2, 0) is 11.3 Å². The van der Waals surface area contributed by atoms with Crippen molar-refractivity contribution in [3.8, 4) is 11.3 Å². The third-order valence-electron chi connectivity index (χ3n) is 6.23. The van der Waals surface area contributed by atoms with Crippen LogP contribution in [0.2, 0.25) is 5.02 Å². The van der Waals surface area contributed by atoms with Crippen molar-refractivity contribution in [1.82, 2.24) is 14.9 Å². The van der Waals surface area contributed by atoms with Crippen LogP contribution in [0.3, 0.4) is 0 Å². The van der Waals surface area contributed by atoms with Crippen molar-refractivity contribution in [1.29, 1.82) is 0 Å². The smallest absolute Gasteiger partial charge is 0.338 e. The second-order valence-corrected chi connectivity index (χ2v) is 9.36. The highest BCUT2D eigenvalue weighted by Gasteiger charge is 2.22. The zero-order chi connectivity index (χ0) is 26.7. The van der Waals surface area contributed by atoms with Crippen LogP contribution in [0.5, 0.6) is 0 Å². The van der Waals surface area contributed by atoms with Crippen molar-refractivity contribution in [3.05, 3.63) is 68.5 Å². The summed E-state index contributed by atoms with van der Waals surface area (Å²) in [4.78, 5) is 33.2. The summed E-state index contributed by atoms with van der Waals surface area (Å²) in [5.74, 6) is -1.16. The Hall–Kier alpha value is -3.56. The number of rotatable bonds is 10. The van der Waals surface area contributed by atoms with Gasteiger partial charge in [-0.3, -0.25) is 10.1 Å². The zero-order valence-corrected chi connectivity index (χ0v) is 21.7. The molecular formula is C27H28ClFN4O4. The van der Waals surface area contributed by atoms with Crippen LogP contribution in [0.4, 0.5) is 10.1 Å². The van der Waals surface area contributed by atoms with Gasteiger partial charge in [0.05, 0.1) is 39.2 Å². The second kappa shape index (κ2) is 11.2. The number of aromatic nitrogens is 2. The van der Waals surface area contributed by atoms with Crippen LogP contribution >= 0.6 is 11.6 Å². The number of aromatic amines is 1. The van der Waals surface area contributed by atoms with E-state index in [2.05, 4.69) is 21.8 Å². The maximum absolute atomic E-state index is 14.1. The largest absolute Gasteiger partial charge is 0.462 e. The second-order valence-electron chi connectivity index (χ2n) is 8.98. The number of fused-ring (bicyclic) bond motifs is 2. The molecule has 1 N–H and O–H groups in total. The molecule has 4 aromatic rings. The van der Waals surface area contributed by atoms with Crippen molar-refractivity contribution in [2.75, 3.05) is 20.2 Å². The number of halogens is 2. The molecule has 0 saturated carbocycles. The number of carbonyl (C=O) groups is 1. The van der Waals surface area contributed by atoms with Crippen molar-refractivity contribution in [2.24, 2.45) is 0 Å². The standard InChI is InChI=1S/C27H28ClFN4O4/c1-4-6-7-10-32(3)15-17-11-16(27(34)37-5-2)8-9-19(17)21-14-22-26(30-21)24(28)20-12-18(29)13-23(33(35)36)25(20)31-22/h8-9,11-14,30H,4-7,10,15H2,1-3H3. The molecule has 2 aromatic carbocycles. The third kappa shape index (κ3) is 5.57. The minimum atomic E-state index is -0.767. The van der Waals surface area contributed by atoms with Gasteiger partial charge in [-0.05, 0) is 56.8 Å². The summed E-state index contributed by atoms with van der Waals surface area (Å²) in [6.07, 6.45) is 3.32. The van der Waals surface area contributed by atoms with Gasteiger partial charge in [-0.1, -0.05) is 37.4 Å². The topological polar surface area (TPSA) is 101 Å². The van der Waals surface area contributed by atoms with Gasteiger partial charge in [0.2, 0.25) is 0 Å². The van der Waals surface area contributed by atoms with E-state index in [9.17, 15) is 19.3 Å². The number of H-pyrrole nitrogens is 1. The number of unbranched alkanes of at least 4 members (excludes halogenated alkanes) is 2. The summed E-state index contributed by atoms with van der Waals surface area (Å²) in [5.41, 5.74) is 3.28. The molecule has 0 spiro atoms. The average Bonchev–Trinajstić information content (AvgIpc) is 3.28. The first kappa shape index (κ1) is 26.5. The average molecular weight is 527 g/mol. The molecule has 0 saturated heterocycles. The lowest BCUT2D eigenvalue weighted by Crippen LogP contribution is -2.20. The number of hydrogen-bond donors (Lipinski definition) is 1. The molecule has 37 heavy (non-hydrogen) atoms. The van der Waals surface area contributed by atoms with Crippen LogP contribution in [0.15, 0.2) is 36.4 Å². The molecule has 0 atom stereocenters. The van der Waals surface area contributed by atoms with Crippen LogP contribution in [0.25, 0.3) is 33.2 Å². The maximum atomic E-state index is 14.1. The highest BCUT2D eigenvalue weighted by atomic mass is 35.5. The summed E-state index contributed by atoms with van der Waals surface area (Å²) in [6, 6.07) is 9.09.